The van der Waals surface area contributed by atoms with Crippen molar-refractivity contribution in [2.75, 3.05) is 13.7 Å². The van der Waals surface area contributed by atoms with Crippen molar-refractivity contribution in [1.29, 1.82) is 0 Å². The smallest absolute Gasteiger partial charge is 0.338 e. The van der Waals surface area contributed by atoms with Gasteiger partial charge in [-0.05, 0) is 44.2 Å². The number of benzene rings is 2. The average Bonchev–Trinajstić information content (AvgIpc) is 3.12. The van der Waals surface area contributed by atoms with Crippen molar-refractivity contribution in [3.63, 3.8) is 0 Å². The minimum absolute atomic E-state index is 0.0346. The Hall–Kier alpha value is -3.09. The highest BCUT2D eigenvalue weighted by Gasteiger charge is 2.27. The lowest BCUT2D eigenvalue weighted by Crippen LogP contribution is -2.28. The van der Waals surface area contributed by atoms with Crippen LogP contribution in [0.2, 0.25) is 0 Å². The van der Waals surface area contributed by atoms with Gasteiger partial charge in [0, 0.05) is 35.6 Å². The summed E-state index contributed by atoms with van der Waals surface area (Å²) in [7, 11) is 1.96. The average molecular weight is 403 g/mol. The molecule has 0 radical (unpaired) electrons. The van der Waals surface area contributed by atoms with E-state index >= 15 is 0 Å². The van der Waals surface area contributed by atoms with Crippen LogP contribution in [0.1, 0.15) is 44.2 Å². The molecule has 3 aromatic rings. The van der Waals surface area contributed by atoms with E-state index in [9.17, 15) is 9.90 Å². The first-order valence-electron chi connectivity index (χ1n) is 9.96. The number of esters is 1. The topological polar surface area (TPSA) is 75.6 Å². The quantitative estimate of drug-likeness (QED) is 0.634. The molecule has 1 aliphatic rings. The number of aromatic nitrogens is 2. The van der Waals surface area contributed by atoms with Gasteiger partial charge in [0.15, 0.2) is 5.82 Å². The number of carbonyl (C=O) groups excluding carboxylic acids is 1. The zero-order valence-electron chi connectivity index (χ0n) is 17.4. The normalized spacial score (nSPS) is 14.0. The van der Waals surface area contributed by atoms with Crippen LogP contribution in [0.4, 0.5) is 0 Å². The summed E-state index contributed by atoms with van der Waals surface area (Å²) in [6, 6.07) is 11.6. The Labute approximate surface area is 176 Å². The molecule has 0 saturated heterocycles. The Bertz CT molecular complexity index is 1080. The molecule has 0 amide bonds. The molecule has 1 aromatic heterocycles. The highest BCUT2D eigenvalue weighted by Crippen LogP contribution is 2.31. The highest BCUT2D eigenvalue weighted by molar-refractivity contribution is 5.94. The van der Waals surface area contributed by atoms with Crippen molar-refractivity contribution in [3.8, 4) is 11.4 Å². The van der Waals surface area contributed by atoms with Crippen molar-refractivity contribution >= 4 is 5.97 Å². The van der Waals surface area contributed by atoms with Gasteiger partial charge in [-0.25, -0.2) is 14.8 Å². The van der Waals surface area contributed by atoms with Crippen LogP contribution < -0.4 is 0 Å². The zero-order valence-corrected chi connectivity index (χ0v) is 17.4. The highest BCUT2D eigenvalue weighted by atomic mass is 16.5. The summed E-state index contributed by atoms with van der Waals surface area (Å²) >= 11 is 0. The molecule has 0 spiro atoms. The molecule has 0 saturated carbocycles. The van der Waals surface area contributed by atoms with Gasteiger partial charge in [-0.1, -0.05) is 29.8 Å². The van der Waals surface area contributed by atoms with E-state index < -0.39 is 0 Å². The molecule has 0 aliphatic carbocycles. The monoisotopic (exact) mass is 403 g/mol. The standard InChI is InChI=1S/C24H25N3O3/c1-15-5-4-6-18(9-15)23-25-10-17(11-26-23)12-27(3)22(13-28)19-7-8-20-21(16(19)2)14-30-24(20)29/h4-11,22,28H,12-14H2,1-3H3. The minimum atomic E-state index is -0.278. The van der Waals surface area contributed by atoms with Crippen LogP contribution in [0.25, 0.3) is 11.4 Å². The van der Waals surface area contributed by atoms with Crippen molar-refractivity contribution in [3.05, 3.63) is 82.2 Å². The maximum absolute atomic E-state index is 11.8. The second kappa shape index (κ2) is 8.34. The minimum Gasteiger partial charge on any atom is -0.457 e. The van der Waals surface area contributed by atoms with E-state index in [0.29, 0.717) is 24.5 Å². The molecule has 30 heavy (non-hydrogen) atoms. The molecule has 1 unspecified atom stereocenters. The Morgan fingerprint density at radius 3 is 2.63 bits per heavy atom. The Morgan fingerprint density at radius 1 is 1.17 bits per heavy atom. The summed E-state index contributed by atoms with van der Waals surface area (Å²) in [5.41, 5.74) is 6.65. The fourth-order valence-corrected chi connectivity index (χ4v) is 3.97. The number of fused-ring (bicyclic) bond motifs is 1. The number of likely N-dealkylation sites (N-methyl/N-ethyl adjacent to an activating group) is 1. The van der Waals surface area contributed by atoms with Crippen molar-refractivity contribution in [1.82, 2.24) is 14.9 Å². The van der Waals surface area contributed by atoms with E-state index in [1.165, 1.54) is 5.56 Å². The molecular formula is C24H25N3O3. The lowest BCUT2D eigenvalue weighted by Gasteiger charge is -2.28. The molecular weight excluding hydrogens is 378 g/mol. The maximum atomic E-state index is 11.8. The van der Waals surface area contributed by atoms with Gasteiger partial charge in [-0.3, -0.25) is 4.90 Å². The van der Waals surface area contributed by atoms with Gasteiger partial charge in [-0.2, -0.15) is 0 Å². The van der Waals surface area contributed by atoms with Crippen LogP contribution in [-0.4, -0.2) is 39.6 Å². The van der Waals surface area contributed by atoms with Crippen LogP contribution >= 0.6 is 0 Å². The SMILES string of the molecule is Cc1cccc(-c2ncc(CN(C)C(CO)c3ccc4c(c3C)COC4=O)cn2)c1. The molecule has 1 atom stereocenters. The summed E-state index contributed by atoms with van der Waals surface area (Å²) in [6.07, 6.45) is 3.66. The van der Waals surface area contributed by atoms with E-state index in [2.05, 4.69) is 20.9 Å². The Morgan fingerprint density at radius 2 is 1.93 bits per heavy atom. The summed E-state index contributed by atoms with van der Waals surface area (Å²) < 4.78 is 5.15. The fourth-order valence-electron chi connectivity index (χ4n) is 3.97. The maximum Gasteiger partial charge on any atom is 0.338 e. The molecule has 2 aromatic carbocycles. The van der Waals surface area contributed by atoms with Crippen LogP contribution in [0.5, 0.6) is 0 Å². The van der Waals surface area contributed by atoms with Crippen molar-refractivity contribution in [2.45, 2.75) is 33.0 Å². The first kappa shape index (κ1) is 20.2. The number of nitrogens with zero attached hydrogens (tertiary/aromatic N) is 3. The van der Waals surface area contributed by atoms with Crippen LogP contribution in [0.3, 0.4) is 0 Å². The number of hydrogen-bond acceptors (Lipinski definition) is 6. The number of carbonyl (C=O) groups is 1. The first-order chi connectivity index (χ1) is 14.5. The molecule has 6 heteroatoms. The van der Waals surface area contributed by atoms with Gasteiger partial charge in [0.2, 0.25) is 0 Å². The second-order valence-corrected chi connectivity index (χ2v) is 7.78. The molecule has 1 aliphatic heterocycles. The number of aliphatic hydroxyl groups excluding tert-OH is 1. The Balaban J connectivity index is 1.53. The van der Waals surface area contributed by atoms with Crippen molar-refractivity contribution in [2.24, 2.45) is 0 Å². The van der Waals surface area contributed by atoms with Crippen LogP contribution in [0, 0.1) is 13.8 Å². The van der Waals surface area contributed by atoms with Gasteiger partial charge in [0.25, 0.3) is 0 Å². The van der Waals surface area contributed by atoms with E-state index in [0.717, 1.165) is 27.8 Å². The molecule has 0 bridgehead atoms. The molecule has 1 N–H and O–H groups in total. The number of aliphatic hydroxyl groups is 1. The molecule has 2 heterocycles. The number of rotatable bonds is 6. The lowest BCUT2D eigenvalue weighted by atomic mass is 9.93. The number of cyclic esters (lactones) is 1. The largest absolute Gasteiger partial charge is 0.457 e. The predicted molar refractivity (Wildman–Crippen MR) is 114 cm³/mol. The summed E-state index contributed by atoms with van der Waals surface area (Å²) in [4.78, 5) is 22.9. The van der Waals surface area contributed by atoms with E-state index in [-0.39, 0.29) is 18.6 Å². The number of ether oxygens (including phenoxy) is 1. The molecule has 6 nitrogen and oxygen atoms in total. The number of hydrogen-bond donors (Lipinski definition) is 1. The molecule has 0 fully saturated rings. The third kappa shape index (κ3) is 3.84. The second-order valence-electron chi connectivity index (χ2n) is 7.78. The number of aryl methyl sites for hydroxylation is 1. The predicted octanol–water partition coefficient (Wildman–Crippen LogP) is 3.60. The van der Waals surface area contributed by atoms with Crippen molar-refractivity contribution < 1.29 is 14.6 Å². The van der Waals surface area contributed by atoms with Gasteiger partial charge in [0.1, 0.15) is 6.61 Å². The fraction of sp³-hybridized carbons (Fsp3) is 0.292. The van der Waals surface area contributed by atoms with Gasteiger partial charge in [-0.15, -0.1) is 0 Å². The molecule has 154 valence electrons. The van der Waals surface area contributed by atoms with E-state index in [4.69, 9.17) is 4.74 Å². The van der Waals surface area contributed by atoms with Crippen LogP contribution in [0.15, 0.2) is 48.8 Å². The van der Waals surface area contributed by atoms with Gasteiger partial charge >= 0.3 is 5.97 Å². The third-order valence-corrected chi connectivity index (χ3v) is 5.69. The third-order valence-electron chi connectivity index (χ3n) is 5.69. The zero-order chi connectivity index (χ0) is 21.3. The Kier molecular flexibility index (Phi) is 5.61. The summed E-state index contributed by atoms with van der Waals surface area (Å²) in [6.45, 7) is 4.87. The molecule has 4 rings (SSSR count). The first-order valence-corrected chi connectivity index (χ1v) is 9.96. The van der Waals surface area contributed by atoms with Gasteiger partial charge < -0.3 is 9.84 Å². The summed E-state index contributed by atoms with van der Waals surface area (Å²) in [5.74, 6) is 0.419. The van der Waals surface area contributed by atoms with E-state index in [1.54, 1.807) is 6.07 Å². The summed E-state index contributed by atoms with van der Waals surface area (Å²) in [5, 5.41) is 10.1. The van der Waals surface area contributed by atoms with Gasteiger partial charge in [0.05, 0.1) is 18.2 Å². The van der Waals surface area contributed by atoms with Crippen LogP contribution in [-0.2, 0) is 17.9 Å². The lowest BCUT2D eigenvalue weighted by molar-refractivity contribution is 0.0534. The van der Waals surface area contributed by atoms with E-state index in [1.807, 2.05) is 57.6 Å².